The minimum Gasteiger partial charge on any atom is -0.507 e. The summed E-state index contributed by atoms with van der Waals surface area (Å²) >= 11 is 6.22. The van der Waals surface area contributed by atoms with E-state index in [0.29, 0.717) is 36.0 Å². The predicted molar refractivity (Wildman–Crippen MR) is 134 cm³/mol. The smallest absolute Gasteiger partial charge is 0.295 e. The second kappa shape index (κ2) is 9.87. The van der Waals surface area contributed by atoms with Crippen LogP contribution in [0, 0.1) is 0 Å². The number of Topliss-reactive ketones (excluding diaryl/α,β-unsaturated/α-hetero) is 1. The van der Waals surface area contributed by atoms with E-state index in [1.165, 1.54) is 0 Å². The van der Waals surface area contributed by atoms with E-state index in [9.17, 15) is 14.7 Å². The van der Waals surface area contributed by atoms with E-state index in [4.69, 9.17) is 16.3 Å². The number of nitrogens with zero attached hydrogens (tertiary/aromatic N) is 2. The van der Waals surface area contributed by atoms with Crippen molar-refractivity contribution in [3.8, 4) is 5.75 Å². The number of halogens is 1. The van der Waals surface area contributed by atoms with Gasteiger partial charge in [0.25, 0.3) is 11.7 Å². The van der Waals surface area contributed by atoms with Gasteiger partial charge in [-0.2, -0.15) is 0 Å². The van der Waals surface area contributed by atoms with Gasteiger partial charge >= 0.3 is 0 Å². The number of likely N-dealkylation sites (N-methyl/N-ethyl adjacent to an activating group) is 1. The average Bonchev–Trinajstić information content (AvgIpc) is 3.08. The average molecular weight is 479 g/mol. The van der Waals surface area contributed by atoms with Crippen LogP contribution in [0.2, 0.25) is 5.02 Å². The van der Waals surface area contributed by atoms with Crippen molar-refractivity contribution in [2.45, 2.75) is 13.0 Å². The molecule has 7 heteroatoms. The van der Waals surface area contributed by atoms with Crippen molar-refractivity contribution < 1.29 is 19.4 Å². The summed E-state index contributed by atoms with van der Waals surface area (Å²) in [5.74, 6) is -1.18. The molecule has 1 saturated heterocycles. The van der Waals surface area contributed by atoms with Crippen molar-refractivity contribution >= 4 is 39.8 Å². The standard InChI is InChI=1S/C27H27ClN2O4/c1-4-34-22-16-18(12-13-21(22)28)25(31)23-24(30(15-14-29(2)3)27(33)26(23)32)20-11-7-9-17-8-5-6-10-19(17)20/h5-13,16,24,31H,4,14-15H2,1-3H3/b25-23-. The van der Waals surface area contributed by atoms with Crippen molar-refractivity contribution in [2.75, 3.05) is 33.8 Å². The van der Waals surface area contributed by atoms with Crippen LogP contribution in [-0.2, 0) is 9.59 Å². The molecule has 1 unspecified atom stereocenters. The molecule has 1 N–H and O–H groups in total. The molecule has 176 valence electrons. The fourth-order valence-electron chi connectivity index (χ4n) is 4.30. The summed E-state index contributed by atoms with van der Waals surface area (Å²) in [6, 6.07) is 17.7. The molecule has 1 aliphatic heterocycles. The van der Waals surface area contributed by atoms with Gasteiger partial charge in [0.05, 0.1) is 23.2 Å². The van der Waals surface area contributed by atoms with E-state index in [2.05, 4.69) is 0 Å². The number of hydrogen-bond acceptors (Lipinski definition) is 5. The summed E-state index contributed by atoms with van der Waals surface area (Å²) in [5, 5.41) is 13.7. The van der Waals surface area contributed by atoms with Gasteiger partial charge in [-0.3, -0.25) is 9.59 Å². The number of ether oxygens (including phenoxy) is 1. The highest BCUT2D eigenvalue weighted by Crippen LogP contribution is 2.42. The van der Waals surface area contributed by atoms with Gasteiger partial charge < -0.3 is 19.6 Å². The Hall–Kier alpha value is -3.35. The largest absolute Gasteiger partial charge is 0.507 e. The van der Waals surface area contributed by atoms with Crippen LogP contribution in [-0.4, -0.2) is 60.4 Å². The van der Waals surface area contributed by atoms with Crippen LogP contribution >= 0.6 is 11.6 Å². The lowest BCUT2D eigenvalue weighted by Gasteiger charge is -2.27. The summed E-state index contributed by atoms with van der Waals surface area (Å²) in [6.45, 7) is 3.14. The van der Waals surface area contributed by atoms with Gasteiger partial charge in [0.1, 0.15) is 11.5 Å². The van der Waals surface area contributed by atoms with Crippen LogP contribution in [0.25, 0.3) is 16.5 Å². The first kappa shape index (κ1) is 23.8. The first-order valence-electron chi connectivity index (χ1n) is 11.2. The Bertz CT molecular complexity index is 1280. The summed E-state index contributed by atoms with van der Waals surface area (Å²) in [5.41, 5.74) is 1.21. The van der Waals surface area contributed by atoms with Crippen molar-refractivity contribution in [2.24, 2.45) is 0 Å². The molecule has 0 aromatic heterocycles. The molecule has 0 bridgehead atoms. The van der Waals surface area contributed by atoms with E-state index in [1.807, 2.05) is 68.4 Å². The van der Waals surface area contributed by atoms with Crippen molar-refractivity contribution in [1.29, 1.82) is 0 Å². The summed E-state index contributed by atoms with van der Waals surface area (Å²) in [6.07, 6.45) is 0. The molecular formula is C27H27ClN2O4. The zero-order chi connectivity index (χ0) is 24.4. The van der Waals surface area contributed by atoms with Crippen molar-refractivity contribution in [1.82, 2.24) is 9.80 Å². The van der Waals surface area contributed by atoms with Gasteiger partial charge in [-0.05, 0) is 55.6 Å². The summed E-state index contributed by atoms with van der Waals surface area (Å²) in [7, 11) is 3.82. The Kier molecular flexibility index (Phi) is 6.91. The minimum absolute atomic E-state index is 0.0601. The topological polar surface area (TPSA) is 70.1 Å². The molecule has 1 heterocycles. The molecule has 0 aliphatic carbocycles. The fraction of sp³-hybridized carbons (Fsp3) is 0.259. The maximum Gasteiger partial charge on any atom is 0.295 e. The minimum atomic E-state index is -0.725. The van der Waals surface area contributed by atoms with E-state index in [0.717, 1.165) is 16.3 Å². The Morgan fingerprint density at radius 1 is 1.09 bits per heavy atom. The molecule has 1 amide bonds. The zero-order valence-corrected chi connectivity index (χ0v) is 20.2. The Labute approximate surface area is 204 Å². The zero-order valence-electron chi connectivity index (χ0n) is 19.4. The van der Waals surface area contributed by atoms with Gasteiger partial charge in [-0.25, -0.2) is 0 Å². The number of benzene rings is 3. The number of aliphatic hydroxyl groups excluding tert-OH is 1. The lowest BCUT2D eigenvalue weighted by Crippen LogP contribution is -2.35. The molecule has 1 fully saturated rings. The highest BCUT2D eigenvalue weighted by Gasteiger charge is 2.46. The number of rotatable bonds is 7. The van der Waals surface area contributed by atoms with E-state index >= 15 is 0 Å². The monoisotopic (exact) mass is 478 g/mol. The van der Waals surface area contributed by atoms with Crippen LogP contribution in [0.3, 0.4) is 0 Å². The van der Waals surface area contributed by atoms with Crippen LogP contribution < -0.4 is 4.74 Å². The second-order valence-corrected chi connectivity index (χ2v) is 8.85. The normalized spacial score (nSPS) is 17.7. The van der Waals surface area contributed by atoms with Crippen LogP contribution in [0.1, 0.15) is 24.1 Å². The lowest BCUT2D eigenvalue weighted by molar-refractivity contribution is -0.140. The number of likely N-dealkylation sites (tertiary alicyclic amines) is 1. The molecule has 0 saturated carbocycles. The molecule has 0 spiro atoms. The number of carbonyl (C=O) groups is 2. The van der Waals surface area contributed by atoms with Crippen LogP contribution in [0.5, 0.6) is 5.75 Å². The van der Waals surface area contributed by atoms with E-state index in [-0.39, 0.29) is 11.3 Å². The first-order chi connectivity index (χ1) is 16.3. The molecule has 6 nitrogen and oxygen atoms in total. The van der Waals surface area contributed by atoms with Gasteiger partial charge in [0, 0.05) is 18.7 Å². The van der Waals surface area contributed by atoms with Gasteiger partial charge in [-0.15, -0.1) is 0 Å². The van der Waals surface area contributed by atoms with Gasteiger partial charge in [0.2, 0.25) is 0 Å². The van der Waals surface area contributed by atoms with Gasteiger partial charge in [0.15, 0.2) is 0 Å². The lowest BCUT2D eigenvalue weighted by atomic mass is 9.91. The van der Waals surface area contributed by atoms with Gasteiger partial charge in [-0.1, -0.05) is 54.1 Å². The Morgan fingerprint density at radius 3 is 2.56 bits per heavy atom. The molecule has 4 rings (SSSR count). The molecule has 1 aliphatic rings. The van der Waals surface area contributed by atoms with Crippen LogP contribution in [0.15, 0.2) is 66.2 Å². The third kappa shape index (κ3) is 4.39. The van der Waals surface area contributed by atoms with E-state index < -0.39 is 17.7 Å². The van der Waals surface area contributed by atoms with Crippen LogP contribution in [0.4, 0.5) is 0 Å². The maximum atomic E-state index is 13.3. The fourth-order valence-corrected chi connectivity index (χ4v) is 4.47. The molecule has 3 aromatic carbocycles. The third-order valence-corrected chi connectivity index (χ3v) is 6.26. The Balaban J connectivity index is 1.93. The maximum absolute atomic E-state index is 13.3. The molecule has 3 aromatic rings. The highest BCUT2D eigenvalue weighted by atomic mass is 35.5. The van der Waals surface area contributed by atoms with Crippen molar-refractivity contribution in [3.05, 3.63) is 82.4 Å². The third-order valence-electron chi connectivity index (χ3n) is 5.95. The number of ketones is 1. The summed E-state index contributed by atoms with van der Waals surface area (Å²) < 4.78 is 5.56. The van der Waals surface area contributed by atoms with E-state index in [1.54, 1.807) is 23.1 Å². The Morgan fingerprint density at radius 2 is 1.82 bits per heavy atom. The highest BCUT2D eigenvalue weighted by molar-refractivity contribution is 6.46. The number of hydrogen-bond donors (Lipinski definition) is 1. The molecule has 0 radical (unpaired) electrons. The number of aliphatic hydroxyl groups is 1. The SMILES string of the molecule is CCOc1cc(/C(O)=C2/C(=O)C(=O)N(CCN(C)C)C2c2cccc3ccccc23)ccc1Cl. The predicted octanol–water partition coefficient (Wildman–Crippen LogP) is 4.88. The molecular weight excluding hydrogens is 452 g/mol. The summed E-state index contributed by atoms with van der Waals surface area (Å²) in [4.78, 5) is 30.0. The van der Waals surface area contributed by atoms with Crippen molar-refractivity contribution in [3.63, 3.8) is 0 Å². The first-order valence-corrected chi connectivity index (χ1v) is 11.5. The number of carbonyl (C=O) groups excluding carboxylic acids is 2. The number of amides is 1. The second-order valence-electron chi connectivity index (χ2n) is 8.44. The molecule has 34 heavy (non-hydrogen) atoms. The number of fused-ring (bicyclic) bond motifs is 1. The molecule has 1 atom stereocenters. The quantitative estimate of drug-likeness (QED) is 0.298.